The quantitative estimate of drug-likeness (QED) is 0.465. The predicted octanol–water partition coefficient (Wildman–Crippen LogP) is 3.51. The first-order chi connectivity index (χ1) is 10.3. The Labute approximate surface area is 128 Å². The second-order valence-corrected chi connectivity index (χ2v) is 5.44. The van der Waals surface area contributed by atoms with Gasteiger partial charge in [0, 0.05) is 17.1 Å². The molecular weight excluding hydrogens is 284 g/mol. The molecule has 0 N–H and O–H groups in total. The largest absolute Gasteiger partial charge is 0.465 e. The van der Waals surface area contributed by atoms with E-state index in [1.54, 1.807) is 17.8 Å². The first-order valence-electron chi connectivity index (χ1n) is 6.57. The van der Waals surface area contributed by atoms with Crippen molar-refractivity contribution >= 4 is 24.0 Å². The number of hydrogen-bond donors (Lipinski definition) is 0. The van der Waals surface area contributed by atoms with Crippen molar-refractivity contribution < 1.29 is 14.3 Å². The molecule has 0 fully saturated rings. The topological polar surface area (TPSA) is 43.4 Å². The lowest BCUT2D eigenvalue weighted by Crippen LogP contribution is -2.07. The first kappa shape index (κ1) is 15.3. The van der Waals surface area contributed by atoms with Gasteiger partial charge in [-0.1, -0.05) is 36.4 Å². The number of rotatable bonds is 6. The summed E-state index contributed by atoms with van der Waals surface area (Å²) in [5.41, 5.74) is 2.39. The zero-order valence-electron chi connectivity index (χ0n) is 11.7. The van der Waals surface area contributed by atoms with Crippen molar-refractivity contribution in [2.45, 2.75) is 17.1 Å². The third-order valence-corrected chi connectivity index (χ3v) is 4.23. The number of carbonyl (C=O) groups is 2. The molecule has 0 radical (unpaired) electrons. The van der Waals surface area contributed by atoms with Crippen molar-refractivity contribution in [2.24, 2.45) is 0 Å². The molecule has 0 heterocycles. The zero-order chi connectivity index (χ0) is 15.1. The summed E-state index contributed by atoms with van der Waals surface area (Å²) in [5, 5.41) is 0. The number of hydrogen-bond acceptors (Lipinski definition) is 4. The molecule has 0 aliphatic carbocycles. The van der Waals surface area contributed by atoms with E-state index in [0.717, 1.165) is 22.5 Å². The lowest BCUT2D eigenvalue weighted by atomic mass is 10.1. The van der Waals surface area contributed by atoms with E-state index >= 15 is 0 Å². The minimum atomic E-state index is -0.408. The van der Waals surface area contributed by atoms with Crippen molar-refractivity contribution in [2.75, 3.05) is 7.11 Å². The molecule has 0 aliphatic heterocycles. The molecule has 2 aromatic carbocycles. The van der Waals surface area contributed by atoms with E-state index in [9.17, 15) is 9.59 Å². The van der Waals surface area contributed by atoms with E-state index in [1.165, 1.54) is 12.7 Å². The summed E-state index contributed by atoms with van der Waals surface area (Å²) in [6.07, 6.45) is 1.02. The highest BCUT2D eigenvalue weighted by Gasteiger charge is 2.15. The van der Waals surface area contributed by atoms with Gasteiger partial charge in [-0.25, -0.2) is 4.79 Å². The molecule has 0 aliphatic rings. The fraction of sp³-hybridized carbons (Fsp3) is 0.176. The van der Waals surface area contributed by atoms with Crippen LogP contribution in [0.4, 0.5) is 0 Å². The van der Waals surface area contributed by atoms with Crippen LogP contribution in [-0.2, 0) is 21.7 Å². The van der Waals surface area contributed by atoms with Gasteiger partial charge in [-0.3, -0.25) is 0 Å². The van der Waals surface area contributed by atoms with Crippen LogP contribution in [0.15, 0.2) is 53.4 Å². The van der Waals surface area contributed by atoms with Crippen molar-refractivity contribution in [1.29, 1.82) is 0 Å². The fourth-order valence-electron chi connectivity index (χ4n) is 2.03. The van der Waals surface area contributed by atoms with E-state index in [0.29, 0.717) is 5.56 Å². The smallest absolute Gasteiger partial charge is 0.338 e. The second kappa shape index (κ2) is 7.64. The van der Waals surface area contributed by atoms with Gasteiger partial charge in [0.1, 0.15) is 6.29 Å². The number of benzene rings is 2. The molecule has 0 aromatic heterocycles. The van der Waals surface area contributed by atoms with Gasteiger partial charge in [-0.05, 0) is 23.3 Å². The maximum Gasteiger partial charge on any atom is 0.338 e. The standard InChI is InChI=1S/C17H16O3S/c1-20-17(19)15-8-5-9-16(14(15)10-11-18)21-12-13-6-3-2-4-7-13/h2-9,11H,10,12H2,1H3. The molecule has 108 valence electrons. The molecule has 2 aromatic rings. The van der Waals surface area contributed by atoms with Crippen LogP contribution in [0.25, 0.3) is 0 Å². The van der Waals surface area contributed by atoms with Gasteiger partial charge in [-0.15, -0.1) is 11.8 Å². The molecule has 21 heavy (non-hydrogen) atoms. The van der Waals surface area contributed by atoms with Crippen LogP contribution < -0.4 is 0 Å². The van der Waals surface area contributed by atoms with Gasteiger partial charge in [0.2, 0.25) is 0 Å². The van der Waals surface area contributed by atoms with Gasteiger partial charge < -0.3 is 9.53 Å². The number of carbonyl (C=O) groups excluding carboxylic acids is 2. The van der Waals surface area contributed by atoms with Gasteiger partial charge in [0.25, 0.3) is 0 Å². The lowest BCUT2D eigenvalue weighted by Gasteiger charge is -2.11. The normalized spacial score (nSPS) is 10.1. The minimum absolute atomic E-state index is 0.211. The Hall–Kier alpha value is -2.07. The Morgan fingerprint density at radius 1 is 1.14 bits per heavy atom. The van der Waals surface area contributed by atoms with Crippen molar-refractivity contribution in [3.8, 4) is 0 Å². The van der Waals surface area contributed by atoms with Crippen LogP contribution in [0.5, 0.6) is 0 Å². The third kappa shape index (κ3) is 3.95. The molecule has 4 heteroatoms. The minimum Gasteiger partial charge on any atom is -0.465 e. The molecule has 0 unspecified atom stereocenters. The molecule has 0 bridgehead atoms. The van der Waals surface area contributed by atoms with Gasteiger partial charge in [0.05, 0.1) is 12.7 Å². The van der Waals surface area contributed by atoms with Crippen LogP contribution in [-0.4, -0.2) is 19.4 Å². The Bertz CT molecular complexity index is 623. The average Bonchev–Trinajstić information content (AvgIpc) is 2.54. The molecule has 2 rings (SSSR count). The number of esters is 1. The van der Waals surface area contributed by atoms with Gasteiger partial charge in [-0.2, -0.15) is 0 Å². The Morgan fingerprint density at radius 2 is 1.90 bits per heavy atom. The van der Waals surface area contributed by atoms with E-state index in [-0.39, 0.29) is 6.42 Å². The van der Waals surface area contributed by atoms with E-state index < -0.39 is 5.97 Å². The lowest BCUT2D eigenvalue weighted by molar-refractivity contribution is -0.107. The Kier molecular flexibility index (Phi) is 5.58. The predicted molar refractivity (Wildman–Crippen MR) is 83.6 cm³/mol. The van der Waals surface area contributed by atoms with E-state index in [4.69, 9.17) is 4.74 Å². The summed E-state index contributed by atoms with van der Waals surface area (Å²) in [6, 6.07) is 15.5. The summed E-state index contributed by atoms with van der Waals surface area (Å²) in [7, 11) is 1.34. The highest BCUT2D eigenvalue weighted by molar-refractivity contribution is 7.98. The summed E-state index contributed by atoms with van der Waals surface area (Å²) in [5.74, 6) is 0.381. The van der Waals surface area contributed by atoms with Gasteiger partial charge in [0.15, 0.2) is 0 Å². The molecule has 0 amide bonds. The van der Waals surface area contributed by atoms with Crippen LogP contribution in [0.1, 0.15) is 21.5 Å². The number of thioether (sulfide) groups is 1. The fourth-order valence-corrected chi connectivity index (χ4v) is 3.09. The Morgan fingerprint density at radius 3 is 2.57 bits per heavy atom. The maximum atomic E-state index is 11.8. The van der Waals surface area contributed by atoms with Crippen LogP contribution >= 0.6 is 11.8 Å². The first-order valence-corrected chi connectivity index (χ1v) is 7.55. The summed E-state index contributed by atoms with van der Waals surface area (Å²) in [4.78, 5) is 23.6. The van der Waals surface area contributed by atoms with Crippen molar-refractivity contribution in [1.82, 2.24) is 0 Å². The average molecular weight is 300 g/mol. The monoisotopic (exact) mass is 300 g/mol. The second-order valence-electron chi connectivity index (χ2n) is 4.42. The summed E-state index contributed by atoms with van der Waals surface area (Å²) in [6.45, 7) is 0. The van der Waals surface area contributed by atoms with Gasteiger partial charge >= 0.3 is 5.97 Å². The molecule has 3 nitrogen and oxygen atoms in total. The molecular formula is C17H16O3S. The van der Waals surface area contributed by atoms with Crippen LogP contribution in [0.2, 0.25) is 0 Å². The molecule has 0 spiro atoms. The molecule has 0 saturated carbocycles. The number of aldehydes is 1. The summed E-state index contributed by atoms with van der Waals surface area (Å²) < 4.78 is 4.78. The summed E-state index contributed by atoms with van der Waals surface area (Å²) >= 11 is 1.62. The number of methoxy groups -OCH3 is 1. The zero-order valence-corrected chi connectivity index (χ0v) is 12.6. The highest BCUT2D eigenvalue weighted by Crippen LogP contribution is 2.29. The Balaban J connectivity index is 2.25. The highest BCUT2D eigenvalue weighted by atomic mass is 32.2. The van der Waals surface area contributed by atoms with E-state index in [1.807, 2.05) is 30.3 Å². The van der Waals surface area contributed by atoms with Crippen LogP contribution in [0.3, 0.4) is 0 Å². The number of ether oxygens (including phenoxy) is 1. The van der Waals surface area contributed by atoms with Crippen LogP contribution in [0, 0.1) is 0 Å². The molecule has 0 atom stereocenters. The molecule has 0 saturated heterocycles. The van der Waals surface area contributed by atoms with E-state index in [2.05, 4.69) is 12.1 Å². The van der Waals surface area contributed by atoms with Crippen molar-refractivity contribution in [3.63, 3.8) is 0 Å². The maximum absolute atomic E-state index is 11.8. The SMILES string of the molecule is COC(=O)c1cccc(SCc2ccccc2)c1CC=O. The van der Waals surface area contributed by atoms with Crippen molar-refractivity contribution in [3.05, 3.63) is 65.2 Å². The third-order valence-electron chi connectivity index (χ3n) is 3.06.